The summed E-state index contributed by atoms with van der Waals surface area (Å²) in [7, 11) is 0. The highest BCUT2D eigenvalue weighted by Gasteiger charge is 2.43. The summed E-state index contributed by atoms with van der Waals surface area (Å²) in [6.45, 7) is 3.48. The van der Waals surface area contributed by atoms with E-state index < -0.39 is 0 Å². The predicted molar refractivity (Wildman–Crippen MR) is 63.2 cm³/mol. The van der Waals surface area contributed by atoms with Gasteiger partial charge in [-0.3, -0.25) is 0 Å². The van der Waals surface area contributed by atoms with Crippen molar-refractivity contribution < 1.29 is 9.47 Å². The summed E-state index contributed by atoms with van der Waals surface area (Å²) >= 11 is 0. The van der Waals surface area contributed by atoms with Crippen LogP contribution in [0, 0.1) is 0 Å². The molecule has 4 heteroatoms. The lowest BCUT2D eigenvalue weighted by Crippen LogP contribution is -2.32. The molecule has 0 radical (unpaired) electrons. The Labute approximate surface area is 97.9 Å². The average Bonchev–Trinajstić information content (AvgIpc) is 2.90. The molecule has 1 spiro atoms. The van der Waals surface area contributed by atoms with Gasteiger partial charge in [0.15, 0.2) is 5.79 Å². The summed E-state index contributed by atoms with van der Waals surface area (Å²) in [5, 5.41) is 3.41. The van der Waals surface area contributed by atoms with E-state index in [2.05, 4.69) is 5.32 Å². The standard InChI is InChI=1S/C12H24N2O2/c13-7-3-4-8-14-9-11-10-15-12(16-11)5-1-2-6-12/h11,14H,1-10,13H2. The molecular formula is C12H24N2O2. The summed E-state index contributed by atoms with van der Waals surface area (Å²) in [5.41, 5.74) is 5.44. The van der Waals surface area contributed by atoms with Crippen molar-refractivity contribution in [3.8, 4) is 0 Å². The molecule has 2 rings (SSSR count). The molecular weight excluding hydrogens is 204 g/mol. The van der Waals surface area contributed by atoms with Crippen LogP contribution in [0.5, 0.6) is 0 Å². The SMILES string of the molecule is NCCCCNCC1COC2(CCCC2)O1. The molecule has 2 aliphatic rings. The minimum absolute atomic E-state index is 0.205. The summed E-state index contributed by atoms with van der Waals surface area (Å²) in [6, 6.07) is 0. The molecule has 3 N–H and O–H groups in total. The van der Waals surface area contributed by atoms with E-state index >= 15 is 0 Å². The molecule has 1 unspecified atom stereocenters. The fraction of sp³-hybridized carbons (Fsp3) is 1.00. The van der Waals surface area contributed by atoms with Gasteiger partial charge in [-0.2, -0.15) is 0 Å². The van der Waals surface area contributed by atoms with Gasteiger partial charge in [0.05, 0.1) is 12.7 Å². The number of nitrogens with one attached hydrogen (secondary N) is 1. The molecule has 1 atom stereocenters. The number of ether oxygens (including phenoxy) is 2. The molecule has 0 aromatic carbocycles. The topological polar surface area (TPSA) is 56.5 Å². The number of unbranched alkanes of at least 4 members (excludes halogenated alkanes) is 1. The Hall–Kier alpha value is -0.160. The fourth-order valence-electron chi connectivity index (χ4n) is 2.55. The van der Waals surface area contributed by atoms with Gasteiger partial charge in [0, 0.05) is 19.4 Å². The van der Waals surface area contributed by atoms with Gasteiger partial charge in [-0.25, -0.2) is 0 Å². The summed E-state index contributed by atoms with van der Waals surface area (Å²) in [6.07, 6.45) is 7.14. The van der Waals surface area contributed by atoms with Crippen LogP contribution in [0.2, 0.25) is 0 Å². The monoisotopic (exact) mass is 228 g/mol. The van der Waals surface area contributed by atoms with Crippen molar-refractivity contribution in [3.05, 3.63) is 0 Å². The largest absolute Gasteiger partial charge is 0.347 e. The summed E-state index contributed by atoms with van der Waals surface area (Å²) in [5.74, 6) is -0.205. The van der Waals surface area contributed by atoms with E-state index in [0.29, 0.717) is 0 Å². The van der Waals surface area contributed by atoms with Crippen molar-refractivity contribution in [1.29, 1.82) is 0 Å². The Bertz CT molecular complexity index is 205. The Morgan fingerprint density at radius 1 is 1.25 bits per heavy atom. The van der Waals surface area contributed by atoms with Gasteiger partial charge in [-0.05, 0) is 38.8 Å². The van der Waals surface area contributed by atoms with Crippen LogP contribution in [-0.2, 0) is 9.47 Å². The lowest BCUT2D eigenvalue weighted by atomic mass is 10.2. The van der Waals surface area contributed by atoms with Gasteiger partial charge >= 0.3 is 0 Å². The van der Waals surface area contributed by atoms with Gasteiger partial charge in [-0.1, -0.05) is 0 Å². The van der Waals surface area contributed by atoms with Crippen molar-refractivity contribution in [3.63, 3.8) is 0 Å². The van der Waals surface area contributed by atoms with Crippen molar-refractivity contribution in [2.45, 2.75) is 50.4 Å². The highest BCUT2D eigenvalue weighted by atomic mass is 16.7. The molecule has 0 bridgehead atoms. The molecule has 94 valence electrons. The zero-order chi connectivity index (χ0) is 11.3. The van der Waals surface area contributed by atoms with Crippen LogP contribution in [0.3, 0.4) is 0 Å². The smallest absolute Gasteiger partial charge is 0.168 e. The van der Waals surface area contributed by atoms with Gasteiger partial charge < -0.3 is 20.5 Å². The quantitative estimate of drug-likeness (QED) is 0.666. The Balaban J connectivity index is 1.58. The second kappa shape index (κ2) is 5.96. The van der Waals surface area contributed by atoms with E-state index in [1.807, 2.05) is 0 Å². The predicted octanol–water partition coefficient (Wildman–Crippen LogP) is 1.00. The first-order valence-electron chi connectivity index (χ1n) is 6.57. The highest BCUT2D eigenvalue weighted by molar-refractivity contribution is 4.84. The molecule has 0 aromatic rings. The molecule has 4 nitrogen and oxygen atoms in total. The third-order valence-corrected chi connectivity index (χ3v) is 3.46. The first kappa shape index (κ1) is 12.3. The lowest BCUT2D eigenvalue weighted by Gasteiger charge is -2.21. The first-order chi connectivity index (χ1) is 7.85. The van der Waals surface area contributed by atoms with Crippen LogP contribution >= 0.6 is 0 Å². The van der Waals surface area contributed by atoms with Crippen molar-refractivity contribution in [2.75, 3.05) is 26.2 Å². The van der Waals surface area contributed by atoms with Crippen LogP contribution in [0.1, 0.15) is 38.5 Å². The Kier molecular flexibility index (Phi) is 4.58. The number of rotatable bonds is 6. The number of nitrogens with two attached hydrogens (primary N) is 1. The first-order valence-corrected chi connectivity index (χ1v) is 6.57. The normalized spacial score (nSPS) is 27.9. The maximum Gasteiger partial charge on any atom is 0.168 e. The van der Waals surface area contributed by atoms with Gasteiger partial charge in [0.1, 0.15) is 0 Å². The fourth-order valence-corrected chi connectivity index (χ4v) is 2.55. The zero-order valence-electron chi connectivity index (χ0n) is 10.0. The number of hydrogen-bond acceptors (Lipinski definition) is 4. The minimum Gasteiger partial charge on any atom is -0.347 e. The second-order valence-electron chi connectivity index (χ2n) is 4.87. The van der Waals surface area contributed by atoms with Crippen molar-refractivity contribution >= 4 is 0 Å². The van der Waals surface area contributed by atoms with Gasteiger partial charge in [0.2, 0.25) is 0 Å². The molecule has 1 saturated carbocycles. The van der Waals surface area contributed by atoms with Gasteiger partial charge in [-0.15, -0.1) is 0 Å². The average molecular weight is 228 g/mol. The minimum atomic E-state index is -0.205. The van der Waals surface area contributed by atoms with E-state index in [1.165, 1.54) is 12.8 Å². The maximum atomic E-state index is 6.01. The van der Waals surface area contributed by atoms with E-state index in [1.54, 1.807) is 0 Å². The highest BCUT2D eigenvalue weighted by Crippen LogP contribution is 2.38. The van der Waals surface area contributed by atoms with Crippen molar-refractivity contribution in [1.82, 2.24) is 5.32 Å². The van der Waals surface area contributed by atoms with Crippen LogP contribution in [0.15, 0.2) is 0 Å². The molecule has 0 aromatic heterocycles. The third kappa shape index (κ3) is 3.17. The lowest BCUT2D eigenvalue weighted by molar-refractivity contribution is -0.161. The number of hydrogen-bond donors (Lipinski definition) is 2. The molecule has 1 heterocycles. The van der Waals surface area contributed by atoms with E-state index in [4.69, 9.17) is 15.2 Å². The summed E-state index contributed by atoms with van der Waals surface area (Å²) in [4.78, 5) is 0. The van der Waals surface area contributed by atoms with Crippen molar-refractivity contribution in [2.24, 2.45) is 5.73 Å². The molecule has 0 amide bonds. The molecule has 16 heavy (non-hydrogen) atoms. The van der Waals surface area contributed by atoms with Crippen LogP contribution < -0.4 is 11.1 Å². The van der Waals surface area contributed by atoms with E-state index in [9.17, 15) is 0 Å². The zero-order valence-corrected chi connectivity index (χ0v) is 10.0. The Morgan fingerprint density at radius 3 is 2.81 bits per heavy atom. The van der Waals surface area contributed by atoms with Crippen LogP contribution in [0.25, 0.3) is 0 Å². The molecule has 1 saturated heterocycles. The second-order valence-corrected chi connectivity index (χ2v) is 4.87. The summed E-state index contributed by atoms with van der Waals surface area (Å²) < 4.78 is 11.8. The molecule has 1 aliphatic carbocycles. The van der Waals surface area contributed by atoms with E-state index in [0.717, 1.165) is 51.9 Å². The van der Waals surface area contributed by atoms with Crippen LogP contribution in [-0.4, -0.2) is 38.1 Å². The molecule has 2 fully saturated rings. The Morgan fingerprint density at radius 2 is 2.06 bits per heavy atom. The van der Waals surface area contributed by atoms with Gasteiger partial charge in [0.25, 0.3) is 0 Å². The van der Waals surface area contributed by atoms with Crippen LogP contribution in [0.4, 0.5) is 0 Å². The maximum absolute atomic E-state index is 6.01. The third-order valence-electron chi connectivity index (χ3n) is 3.46. The molecule has 1 aliphatic heterocycles. The van der Waals surface area contributed by atoms with E-state index in [-0.39, 0.29) is 11.9 Å².